The van der Waals surface area contributed by atoms with E-state index in [2.05, 4.69) is 4.90 Å². The summed E-state index contributed by atoms with van der Waals surface area (Å²) in [5, 5.41) is 19.9. The lowest BCUT2D eigenvalue weighted by Crippen LogP contribution is -2.32. The fourth-order valence-corrected chi connectivity index (χ4v) is 3.42. The third-order valence-corrected chi connectivity index (χ3v) is 4.33. The lowest BCUT2D eigenvalue weighted by Gasteiger charge is -2.28. The maximum atomic E-state index is 11.3. The number of carbonyl (C=O) groups is 1. The lowest BCUT2D eigenvalue weighted by atomic mass is 10.1. The number of hydrogen-bond acceptors (Lipinski definition) is 4. The molecular weight excluding hydrogens is 272 g/mol. The molecule has 1 saturated heterocycles. The van der Waals surface area contributed by atoms with E-state index in [0.717, 1.165) is 25.5 Å². The zero-order valence-electron chi connectivity index (χ0n) is 11.4. The number of nitro groups is 1. The van der Waals surface area contributed by atoms with Gasteiger partial charge in [-0.3, -0.25) is 10.1 Å². The molecule has 6 nitrogen and oxygen atoms in total. The largest absolute Gasteiger partial charge is 0.478 e. The van der Waals surface area contributed by atoms with Crippen molar-refractivity contribution in [1.82, 2.24) is 0 Å². The van der Waals surface area contributed by atoms with Crippen LogP contribution in [0.15, 0.2) is 24.3 Å². The molecule has 1 aromatic carbocycles. The number of rotatable bonds is 4. The maximum absolute atomic E-state index is 11.3. The molecule has 2 atom stereocenters. The standard InChI is InChI=1S/C15H16N2O4/c18-15(19)6-3-10-2-5-13(14(8-10)17(20)21)16-9-11-1-4-12(16)7-11/h2-3,5-6,8,11-12H,1,4,7,9H2,(H,18,19). The van der Waals surface area contributed by atoms with Crippen LogP contribution in [0.4, 0.5) is 11.4 Å². The van der Waals surface area contributed by atoms with Gasteiger partial charge in [-0.2, -0.15) is 0 Å². The fourth-order valence-electron chi connectivity index (χ4n) is 3.42. The SMILES string of the molecule is O=C(O)C=Cc1ccc(N2CC3CCC2C3)c([N+](=O)[O-])c1. The molecule has 1 aliphatic carbocycles. The first-order chi connectivity index (χ1) is 10.0. The van der Waals surface area contributed by atoms with Crippen LogP contribution < -0.4 is 4.90 Å². The number of hydrogen-bond donors (Lipinski definition) is 1. The van der Waals surface area contributed by atoms with Crippen molar-refractivity contribution in [1.29, 1.82) is 0 Å². The number of anilines is 1. The van der Waals surface area contributed by atoms with Gasteiger partial charge in [-0.25, -0.2) is 4.79 Å². The van der Waals surface area contributed by atoms with Crippen LogP contribution in [0.5, 0.6) is 0 Å². The predicted molar refractivity (Wildman–Crippen MR) is 78.2 cm³/mol. The van der Waals surface area contributed by atoms with Gasteiger partial charge in [0.25, 0.3) is 5.69 Å². The minimum absolute atomic E-state index is 0.0510. The molecule has 0 aromatic heterocycles. The molecule has 110 valence electrons. The number of aliphatic carboxylic acids is 1. The second-order valence-corrected chi connectivity index (χ2v) is 5.66. The molecule has 0 spiro atoms. The Labute approximate surface area is 121 Å². The molecular formula is C15H16N2O4. The summed E-state index contributed by atoms with van der Waals surface area (Å²) in [6.45, 7) is 0.885. The number of carboxylic acid groups (broad SMARTS) is 1. The number of benzene rings is 1. The fraction of sp³-hybridized carbons (Fsp3) is 0.400. The minimum Gasteiger partial charge on any atom is -0.478 e. The Morgan fingerprint density at radius 3 is 2.81 bits per heavy atom. The van der Waals surface area contributed by atoms with E-state index in [9.17, 15) is 14.9 Å². The Balaban J connectivity index is 1.93. The molecule has 1 heterocycles. The third kappa shape index (κ3) is 2.61. The van der Waals surface area contributed by atoms with E-state index in [1.165, 1.54) is 18.6 Å². The summed E-state index contributed by atoms with van der Waals surface area (Å²) in [6, 6.07) is 5.32. The summed E-state index contributed by atoms with van der Waals surface area (Å²) in [7, 11) is 0. The highest BCUT2D eigenvalue weighted by atomic mass is 16.6. The van der Waals surface area contributed by atoms with Crippen LogP contribution in [-0.2, 0) is 4.79 Å². The van der Waals surface area contributed by atoms with Gasteiger partial charge in [-0.15, -0.1) is 0 Å². The highest BCUT2D eigenvalue weighted by molar-refractivity contribution is 5.85. The number of nitro benzene ring substituents is 1. The topological polar surface area (TPSA) is 83.7 Å². The van der Waals surface area contributed by atoms with E-state index >= 15 is 0 Å². The highest BCUT2D eigenvalue weighted by Gasteiger charge is 2.39. The van der Waals surface area contributed by atoms with Crippen LogP contribution in [0.25, 0.3) is 6.08 Å². The van der Waals surface area contributed by atoms with Crippen LogP contribution in [0.3, 0.4) is 0 Å². The number of piperidine rings is 1. The molecule has 2 aliphatic rings. The van der Waals surface area contributed by atoms with Crippen molar-refractivity contribution in [2.45, 2.75) is 25.3 Å². The molecule has 0 radical (unpaired) electrons. The van der Waals surface area contributed by atoms with Gasteiger partial charge < -0.3 is 10.0 Å². The van der Waals surface area contributed by atoms with Gasteiger partial charge in [-0.05, 0) is 42.9 Å². The Bertz CT molecular complexity index is 626. The number of nitrogens with zero attached hydrogens (tertiary/aromatic N) is 2. The zero-order chi connectivity index (χ0) is 15.0. The second-order valence-electron chi connectivity index (χ2n) is 5.66. The summed E-state index contributed by atoms with van der Waals surface area (Å²) >= 11 is 0. The summed E-state index contributed by atoms with van der Waals surface area (Å²) in [4.78, 5) is 23.6. The van der Waals surface area contributed by atoms with Gasteiger partial charge in [0.05, 0.1) is 4.92 Å². The van der Waals surface area contributed by atoms with Crippen LogP contribution in [-0.4, -0.2) is 28.6 Å². The summed E-state index contributed by atoms with van der Waals surface area (Å²) < 4.78 is 0. The maximum Gasteiger partial charge on any atom is 0.328 e. The van der Waals surface area contributed by atoms with E-state index in [1.54, 1.807) is 12.1 Å². The van der Waals surface area contributed by atoms with Gasteiger partial charge in [0, 0.05) is 24.7 Å². The molecule has 1 aliphatic heterocycles. The normalized spacial score (nSPS) is 23.9. The molecule has 2 bridgehead atoms. The molecule has 1 saturated carbocycles. The molecule has 6 heteroatoms. The van der Waals surface area contributed by atoms with Gasteiger partial charge in [-0.1, -0.05) is 6.07 Å². The zero-order valence-corrected chi connectivity index (χ0v) is 11.4. The first kappa shape index (κ1) is 13.6. The molecule has 21 heavy (non-hydrogen) atoms. The van der Waals surface area contributed by atoms with E-state index in [4.69, 9.17) is 5.11 Å². The van der Waals surface area contributed by atoms with Crippen molar-refractivity contribution in [3.05, 3.63) is 40.0 Å². The van der Waals surface area contributed by atoms with Crippen molar-refractivity contribution in [3.63, 3.8) is 0 Å². The second kappa shape index (κ2) is 5.20. The number of carboxylic acids is 1. The number of fused-ring (bicyclic) bond motifs is 2. The van der Waals surface area contributed by atoms with Crippen LogP contribution in [0, 0.1) is 16.0 Å². The van der Waals surface area contributed by atoms with E-state index < -0.39 is 5.97 Å². The lowest BCUT2D eigenvalue weighted by molar-refractivity contribution is -0.384. The summed E-state index contributed by atoms with van der Waals surface area (Å²) in [5.74, 6) is -0.417. The first-order valence-electron chi connectivity index (χ1n) is 7.00. The van der Waals surface area contributed by atoms with Gasteiger partial charge in [0.2, 0.25) is 0 Å². The Hall–Kier alpha value is -2.37. The monoisotopic (exact) mass is 288 g/mol. The van der Waals surface area contributed by atoms with Crippen molar-refractivity contribution in [3.8, 4) is 0 Å². The van der Waals surface area contributed by atoms with Crippen LogP contribution >= 0.6 is 0 Å². The predicted octanol–water partition coefficient (Wildman–Crippen LogP) is 2.68. The Kier molecular flexibility index (Phi) is 3.37. The third-order valence-electron chi connectivity index (χ3n) is 4.33. The van der Waals surface area contributed by atoms with Crippen molar-refractivity contribution < 1.29 is 14.8 Å². The first-order valence-corrected chi connectivity index (χ1v) is 7.00. The van der Waals surface area contributed by atoms with Gasteiger partial charge in [0.15, 0.2) is 0 Å². The molecule has 0 amide bonds. The van der Waals surface area contributed by atoms with Crippen LogP contribution in [0.1, 0.15) is 24.8 Å². The van der Waals surface area contributed by atoms with Crippen molar-refractivity contribution in [2.24, 2.45) is 5.92 Å². The van der Waals surface area contributed by atoms with E-state index in [1.807, 2.05) is 0 Å². The average Bonchev–Trinajstić information content (AvgIpc) is 3.07. The smallest absolute Gasteiger partial charge is 0.328 e. The average molecular weight is 288 g/mol. The quantitative estimate of drug-likeness (QED) is 0.523. The Morgan fingerprint density at radius 2 is 2.24 bits per heavy atom. The van der Waals surface area contributed by atoms with Gasteiger partial charge in [0.1, 0.15) is 5.69 Å². The van der Waals surface area contributed by atoms with E-state index in [0.29, 0.717) is 23.2 Å². The van der Waals surface area contributed by atoms with E-state index in [-0.39, 0.29) is 10.6 Å². The summed E-state index contributed by atoms with van der Waals surface area (Å²) in [5.41, 5.74) is 1.23. The molecule has 1 N–H and O–H groups in total. The van der Waals surface area contributed by atoms with Crippen LogP contribution in [0.2, 0.25) is 0 Å². The minimum atomic E-state index is -1.07. The molecule has 1 aromatic rings. The molecule has 2 unspecified atom stereocenters. The molecule has 3 rings (SSSR count). The summed E-state index contributed by atoms with van der Waals surface area (Å²) in [6.07, 6.45) is 5.79. The van der Waals surface area contributed by atoms with Crippen molar-refractivity contribution in [2.75, 3.05) is 11.4 Å². The van der Waals surface area contributed by atoms with Crippen molar-refractivity contribution >= 4 is 23.4 Å². The molecule has 2 fully saturated rings. The Morgan fingerprint density at radius 1 is 1.43 bits per heavy atom. The highest BCUT2D eigenvalue weighted by Crippen LogP contribution is 2.43. The van der Waals surface area contributed by atoms with Gasteiger partial charge >= 0.3 is 5.97 Å².